The Morgan fingerprint density at radius 2 is 1.86 bits per heavy atom. The standard InChI is InChI=1S/C15H15Cl2NO3S/c1-21-14-5-3-4-13(9-14)18(22(2,19)20)10-11-6-7-12(16)8-15(11)17/h3-9H,10H2,1-2H3. The maximum Gasteiger partial charge on any atom is 0.232 e. The number of hydrogen-bond acceptors (Lipinski definition) is 3. The molecule has 7 heteroatoms. The SMILES string of the molecule is COc1cccc(N(Cc2ccc(Cl)cc2Cl)S(C)(=O)=O)c1. The second-order valence-electron chi connectivity index (χ2n) is 4.71. The van der Waals surface area contributed by atoms with Crippen molar-refractivity contribution >= 4 is 38.9 Å². The van der Waals surface area contributed by atoms with Crippen molar-refractivity contribution in [1.82, 2.24) is 0 Å². The number of halogens is 2. The lowest BCUT2D eigenvalue weighted by molar-refractivity contribution is 0.415. The monoisotopic (exact) mass is 359 g/mol. The molecule has 0 heterocycles. The van der Waals surface area contributed by atoms with Gasteiger partial charge in [-0.2, -0.15) is 0 Å². The Morgan fingerprint density at radius 3 is 2.45 bits per heavy atom. The highest BCUT2D eigenvalue weighted by Crippen LogP contribution is 2.28. The number of rotatable bonds is 5. The minimum Gasteiger partial charge on any atom is -0.497 e. The van der Waals surface area contributed by atoms with Crippen LogP contribution in [0.1, 0.15) is 5.56 Å². The van der Waals surface area contributed by atoms with Gasteiger partial charge in [-0.3, -0.25) is 4.31 Å². The van der Waals surface area contributed by atoms with E-state index in [1.165, 1.54) is 11.4 Å². The Labute approximate surface area is 140 Å². The van der Waals surface area contributed by atoms with Crippen molar-refractivity contribution in [3.63, 3.8) is 0 Å². The lowest BCUT2D eigenvalue weighted by Crippen LogP contribution is -2.29. The second kappa shape index (κ2) is 6.77. The molecule has 0 aliphatic rings. The molecule has 0 unspecified atom stereocenters. The molecular weight excluding hydrogens is 345 g/mol. The molecule has 0 amide bonds. The predicted molar refractivity (Wildman–Crippen MR) is 90.5 cm³/mol. The van der Waals surface area contributed by atoms with Gasteiger partial charge in [0.05, 0.1) is 25.6 Å². The van der Waals surface area contributed by atoms with E-state index in [4.69, 9.17) is 27.9 Å². The van der Waals surface area contributed by atoms with Crippen LogP contribution in [0.15, 0.2) is 42.5 Å². The fourth-order valence-electron chi connectivity index (χ4n) is 1.97. The maximum atomic E-state index is 12.1. The van der Waals surface area contributed by atoms with Gasteiger partial charge in [0.1, 0.15) is 5.75 Å². The van der Waals surface area contributed by atoms with E-state index in [2.05, 4.69) is 0 Å². The van der Waals surface area contributed by atoms with E-state index in [0.29, 0.717) is 27.0 Å². The minimum absolute atomic E-state index is 0.113. The van der Waals surface area contributed by atoms with Gasteiger partial charge in [0, 0.05) is 16.1 Å². The first-order valence-electron chi connectivity index (χ1n) is 6.37. The fraction of sp³-hybridized carbons (Fsp3) is 0.200. The predicted octanol–water partition coefficient (Wildman–Crippen LogP) is 3.97. The van der Waals surface area contributed by atoms with Crippen LogP contribution in [0.5, 0.6) is 5.75 Å². The summed E-state index contributed by atoms with van der Waals surface area (Å²) >= 11 is 12.0. The number of hydrogen-bond donors (Lipinski definition) is 0. The molecule has 0 atom stereocenters. The summed E-state index contributed by atoms with van der Waals surface area (Å²) in [4.78, 5) is 0. The molecule has 118 valence electrons. The van der Waals surface area contributed by atoms with Gasteiger partial charge in [0.15, 0.2) is 0 Å². The summed E-state index contributed by atoms with van der Waals surface area (Å²) in [7, 11) is -1.95. The molecule has 2 aromatic rings. The first-order valence-corrected chi connectivity index (χ1v) is 8.97. The van der Waals surface area contributed by atoms with Crippen LogP contribution in [-0.4, -0.2) is 21.8 Å². The molecule has 0 spiro atoms. The van der Waals surface area contributed by atoms with Crippen LogP contribution in [0, 0.1) is 0 Å². The van der Waals surface area contributed by atoms with E-state index in [0.717, 1.165) is 6.26 Å². The Balaban J connectivity index is 2.43. The molecule has 0 aliphatic carbocycles. The highest BCUT2D eigenvalue weighted by Gasteiger charge is 2.19. The van der Waals surface area contributed by atoms with Crippen molar-refractivity contribution in [1.29, 1.82) is 0 Å². The van der Waals surface area contributed by atoms with E-state index in [1.54, 1.807) is 42.5 Å². The first-order chi connectivity index (χ1) is 10.3. The Bertz CT molecular complexity index is 778. The van der Waals surface area contributed by atoms with Gasteiger partial charge in [-0.15, -0.1) is 0 Å². The van der Waals surface area contributed by atoms with E-state index < -0.39 is 10.0 Å². The zero-order chi connectivity index (χ0) is 16.3. The number of nitrogens with zero attached hydrogens (tertiary/aromatic N) is 1. The number of benzene rings is 2. The molecule has 4 nitrogen and oxygen atoms in total. The van der Waals surface area contributed by atoms with E-state index >= 15 is 0 Å². The van der Waals surface area contributed by atoms with E-state index in [1.807, 2.05) is 0 Å². The van der Waals surface area contributed by atoms with Gasteiger partial charge in [0.2, 0.25) is 10.0 Å². The Kier molecular flexibility index (Phi) is 5.21. The Morgan fingerprint density at radius 1 is 1.14 bits per heavy atom. The van der Waals surface area contributed by atoms with E-state index in [-0.39, 0.29) is 6.54 Å². The van der Waals surface area contributed by atoms with Crippen LogP contribution in [0.2, 0.25) is 10.0 Å². The maximum absolute atomic E-state index is 12.1. The van der Waals surface area contributed by atoms with E-state index in [9.17, 15) is 8.42 Å². The molecule has 0 bridgehead atoms. The van der Waals surface area contributed by atoms with Crippen molar-refractivity contribution < 1.29 is 13.2 Å². The minimum atomic E-state index is -3.48. The molecule has 0 saturated heterocycles. The molecule has 0 saturated carbocycles. The van der Waals surface area contributed by atoms with Crippen LogP contribution in [0.25, 0.3) is 0 Å². The van der Waals surface area contributed by atoms with Crippen LogP contribution in [-0.2, 0) is 16.6 Å². The van der Waals surface area contributed by atoms with Crippen LogP contribution in [0.3, 0.4) is 0 Å². The van der Waals surface area contributed by atoms with Crippen molar-refractivity contribution in [3.8, 4) is 5.75 Å². The van der Waals surface area contributed by atoms with Gasteiger partial charge in [-0.25, -0.2) is 8.42 Å². The zero-order valence-electron chi connectivity index (χ0n) is 12.1. The molecule has 2 rings (SSSR count). The lowest BCUT2D eigenvalue weighted by Gasteiger charge is -2.23. The summed E-state index contributed by atoms with van der Waals surface area (Å²) in [6.07, 6.45) is 1.15. The van der Waals surface area contributed by atoms with Crippen LogP contribution >= 0.6 is 23.2 Å². The first kappa shape index (κ1) is 16.9. The van der Waals surface area contributed by atoms with Gasteiger partial charge < -0.3 is 4.74 Å². The molecule has 2 aromatic carbocycles. The number of sulfonamides is 1. The second-order valence-corrected chi connectivity index (χ2v) is 7.46. The molecule has 0 N–H and O–H groups in total. The van der Waals surface area contributed by atoms with Gasteiger partial charge in [0.25, 0.3) is 0 Å². The highest BCUT2D eigenvalue weighted by molar-refractivity contribution is 7.92. The van der Waals surface area contributed by atoms with Gasteiger partial charge in [-0.1, -0.05) is 35.3 Å². The average Bonchev–Trinajstić information content (AvgIpc) is 2.45. The van der Waals surface area contributed by atoms with Gasteiger partial charge in [-0.05, 0) is 29.8 Å². The number of methoxy groups -OCH3 is 1. The Hall–Kier alpha value is -1.43. The summed E-state index contributed by atoms with van der Waals surface area (Å²) in [5, 5.41) is 0.921. The average molecular weight is 360 g/mol. The van der Waals surface area contributed by atoms with Crippen molar-refractivity contribution in [2.45, 2.75) is 6.54 Å². The molecule has 0 radical (unpaired) electrons. The molecule has 22 heavy (non-hydrogen) atoms. The third-order valence-corrected chi connectivity index (χ3v) is 4.80. The lowest BCUT2D eigenvalue weighted by atomic mass is 10.2. The normalized spacial score (nSPS) is 11.3. The molecule has 0 aromatic heterocycles. The molecule has 0 aliphatic heterocycles. The summed E-state index contributed by atoms with van der Waals surface area (Å²) in [5.74, 6) is 0.577. The largest absolute Gasteiger partial charge is 0.497 e. The quantitative estimate of drug-likeness (QED) is 0.811. The van der Waals surface area contributed by atoms with Crippen molar-refractivity contribution in [2.75, 3.05) is 17.7 Å². The topological polar surface area (TPSA) is 46.6 Å². The molecule has 0 fully saturated rings. The van der Waals surface area contributed by atoms with Crippen LogP contribution < -0.4 is 9.04 Å². The van der Waals surface area contributed by atoms with Gasteiger partial charge >= 0.3 is 0 Å². The third kappa shape index (κ3) is 4.06. The molecular formula is C15H15Cl2NO3S. The summed E-state index contributed by atoms with van der Waals surface area (Å²) < 4.78 is 30.7. The third-order valence-electron chi connectivity index (χ3n) is 3.07. The van der Waals surface area contributed by atoms with Crippen molar-refractivity contribution in [2.24, 2.45) is 0 Å². The highest BCUT2D eigenvalue weighted by atomic mass is 35.5. The smallest absolute Gasteiger partial charge is 0.232 e. The number of ether oxygens (including phenoxy) is 1. The fourth-order valence-corrected chi connectivity index (χ4v) is 3.31. The summed E-state index contributed by atoms with van der Waals surface area (Å²) in [6.45, 7) is 0.113. The summed E-state index contributed by atoms with van der Waals surface area (Å²) in [6, 6.07) is 11.8. The summed E-state index contributed by atoms with van der Waals surface area (Å²) in [5.41, 5.74) is 1.17. The number of anilines is 1. The van der Waals surface area contributed by atoms with Crippen molar-refractivity contribution in [3.05, 3.63) is 58.1 Å². The zero-order valence-corrected chi connectivity index (χ0v) is 14.4. The van der Waals surface area contributed by atoms with Crippen LogP contribution in [0.4, 0.5) is 5.69 Å².